The number of carbonyl (C=O) groups is 1. The Hall–Kier alpha value is -2.17. The van der Waals surface area contributed by atoms with Gasteiger partial charge in [-0.15, -0.1) is 0 Å². The summed E-state index contributed by atoms with van der Waals surface area (Å²) in [4.78, 5) is 14.1. The molecule has 0 fully saturated rings. The Balaban J connectivity index is 2.17. The van der Waals surface area contributed by atoms with E-state index >= 15 is 0 Å². The lowest BCUT2D eigenvalue weighted by molar-refractivity contribution is 0.0774. The number of aryl methyl sites for hydroxylation is 2. The standard InChI is InChI=1S/C14H19N3O2/c1-4-17-9-12(15)7-13(17)14(18)16(3)8-11-5-6-19-10(11)2/h5-7,9H,4,8,15H2,1-3H3. The number of rotatable bonds is 4. The van der Waals surface area contributed by atoms with Gasteiger partial charge in [-0.3, -0.25) is 4.79 Å². The molecule has 0 radical (unpaired) electrons. The highest BCUT2D eigenvalue weighted by atomic mass is 16.3. The second-order valence-electron chi connectivity index (χ2n) is 4.61. The third-order valence-corrected chi connectivity index (χ3v) is 3.20. The van der Waals surface area contributed by atoms with Crippen molar-refractivity contribution in [1.82, 2.24) is 9.47 Å². The minimum Gasteiger partial charge on any atom is -0.469 e. The second kappa shape index (κ2) is 5.22. The predicted octanol–water partition coefficient (Wildman–Crippen LogP) is 2.26. The number of nitrogens with zero attached hydrogens (tertiary/aromatic N) is 2. The summed E-state index contributed by atoms with van der Waals surface area (Å²) >= 11 is 0. The number of anilines is 1. The molecule has 0 bridgehead atoms. The summed E-state index contributed by atoms with van der Waals surface area (Å²) in [6.45, 7) is 5.11. The van der Waals surface area contributed by atoms with Crippen molar-refractivity contribution in [3.8, 4) is 0 Å². The van der Waals surface area contributed by atoms with Crippen molar-refractivity contribution in [3.63, 3.8) is 0 Å². The van der Waals surface area contributed by atoms with E-state index in [1.54, 1.807) is 30.5 Å². The average Bonchev–Trinajstić information content (AvgIpc) is 2.95. The first-order valence-corrected chi connectivity index (χ1v) is 6.27. The van der Waals surface area contributed by atoms with E-state index in [1.165, 1.54) is 0 Å². The molecule has 0 atom stereocenters. The Morgan fingerprint density at radius 1 is 1.53 bits per heavy atom. The van der Waals surface area contributed by atoms with Crippen LogP contribution < -0.4 is 5.73 Å². The predicted molar refractivity (Wildman–Crippen MR) is 73.8 cm³/mol. The highest BCUT2D eigenvalue weighted by Gasteiger charge is 2.17. The maximum Gasteiger partial charge on any atom is 0.270 e. The Kier molecular flexibility index (Phi) is 3.64. The van der Waals surface area contributed by atoms with E-state index in [1.807, 2.05) is 24.5 Å². The maximum atomic E-state index is 12.4. The Morgan fingerprint density at radius 3 is 2.84 bits per heavy atom. The van der Waals surface area contributed by atoms with Crippen molar-refractivity contribution >= 4 is 11.6 Å². The summed E-state index contributed by atoms with van der Waals surface area (Å²) < 4.78 is 7.09. The van der Waals surface area contributed by atoms with Crippen LogP contribution in [0.3, 0.4) is 0 Å². The number of hydrogen-bond donors (Lipinski definition) is 1. The summed E-state index contributed by atoms with van der Waals surface area (Å²) in [6, 6.07) is 3.59. The molecule has 2 aromatic rings. The molecular formula is C14H19N3O2. The van der Waals surface area contributed by atoms with Gasteiger partial charge in [-0.25, -0.2) is 0 Å². The van der Waals surface area contributed by atoms with Crippen LogP contribution in [0.15, 0.2) is 29.0 Å². The molecule has 0 saturated heterocycles. The lowest BCUT2D eigenvalue weighted by Gasteiger charge is -2.17. The number of carbonyl (C=O) groups excluding carboxylic acids is 1. The zero-order valence-corrected chi connectivity index (χ0v) is 11.5. The van der Waals surface area contributed by atoms with E-state index in [9.17, 15) is 4.79 Å². The molecule has 2 rings (SSSR count). The number of furan rings is 1. The van der Waals surface area contributed by atoms with Crippen LogP contribution in [0.5, 0.6) is 0 Å². The number of nitrogen functional groups attached to an aromatic ring is 1. The van der Waals surface area contributed by atoms with Crippen LogP contribution >= 0.6 is 0 Å². The van der Waals surface area contributed by atoms with Crippen LogP contribution in [0.25, 0.3) is 0 Å². The topological polar surface area (TPSA) is 64.4 Å². The van der Waals surface area contributed by atoms with Crippen LogP contribution in [-0.4, -0.2) is 22.4 Å². The molecule has 0 aliphatic carbocycles. The van der Waals surface area contributed by atoms with E-state index < -0.39 is 0 Å². The summed E-state index contributed by atoms with van der Waals surface area (Å²) in [6.07, 6.45) is 3.42. The Labute approximate surface area is 112 Å². The molecular weight excluding hydrogens is 242 g/mol. The first kappa shape index (κ1) is 13.3. The molecule has 5 heteroatoms. The van der Waals surface area contributed by atoms with E-state index in [2.05, 4.69) is 0 Å². The van der Waals surface area contributed by atoms with Crippen LogP contribution in [0.1, 0.15) is 28.7 Å². The lowest BCUT2D eigenvalue weighted by Crippen LogP contribution is -2.28. The molecule has 0 unspecified atom stereocenters. The summed E-state index contributed by atoms with van der Waals surface area (Å²) in [5.74, 6) is 0.796. The number of nitrogens with two attached hydrogens (primary N) is 1. The molecule has 0 aromatic carbocycles. The molecule has 0 aliphatic rings. The van der Waals surface area contributed by atoms with Gasteiger partial charge in [-0.2, -0.15) is 0 Å². The van der Waals surface area contributed by atoms with Gasteiger partial charge in [-0.1, -0.05) is 0 Å². The fraction of sp³-hybridized carbons (Fsp3) is 0.357. The molecule has 2 aromatic heterocycles. The average molecular weight is 261 g/mol. The molecule has 0 saturated carbocycles. The largest absolute Gasteiger partial charge is 0.469 e. The molecule has 19 heavy (non-hydrogen) atoms. The highest BCUT2D eigenvalue weighted by molar-refractivity contribution is 5.93. The summed E-state index contributed by atoms with van der Waals surface area (Å²) in [5, 5.41) is 0. The SMILES string of the molecule is CCn1cc(N)cc1C(=O)N(C)Cc1ccoc1C. The van der Waals surface area contributed by atoms with Gasteiger partial charge in [-0.05, 0) is 26.0 Å². The van der Waals surface area contributed by atoms with Gasteiger partial charge in [0.25, 0.3) is 5.91 Å². The van der Waals surface area contributed by atoms with Gasteiger partial charge in [0.1, 0.15) is 11.5 Å². The van der Waals surface area contributed by atoms with Crippen LogP contribution in [0.4, 0.5) is 5.69 Å². The van der Waals surface area contributed by atoms with Gasteiger partial charge >= 0.3 is 0 Å². The highest BCUT2D eigenvalue weighted by Crippen LogP contribution is 2.16. The summed E-state index contributed by atoms with van der Waals surface area (Å²) in [7, 11) is 1.78. The number of amides is 1. The van der Waals surface area contributed by atoms with Crippen molar-refractivity contribution in [2.75, 3.05) is 12.8 Å². The fourth-order valence-electron chi connectivity index (χ4n) is 2.07. The number of aromatic nitrogens is 1. The van der Waals surface area contributed by atoms with Gasteiger partial charge < -0.3 is 19.6 Å². The summed E-state index contributed by atoms with van der Waals surface area (Å²) in [5.41, 5.74) is 7.98. The lowest BCUT2D eigenvalue weighted by atomic mass is 10.2. The normalized spacial score (nSPS) is 10.7. The molecule has 0 spiro atoms. The third-order valence-electron chi connectivity index (χ3n) is 3.20. The van der Waals surface area contributed by atoms with Gasteiger partial charge in [0.15, 0.2) is 0 Å². The smallest absolute Gasteiger partial charge is 0.270 e. The minimum atomic E-state index is -0.0425. The molecule has 5 nitrogen and oxygen atoms in total. The van der Waals surface area contributed by atoms with E-state index in [0.717, 1.165) is 17.9 Å². The number of hydrogen-bond acceptors (Lipinski definition) is 3. The quantitative estimate of drug-likeness (QED) is 0.918. The molecule has 102 valence electrons. The fourth-order valence-corrected chi connectivity index (χ4v) is 2.07. The molecule has 2 heterocycles. The van der Waals surface area contributed by atoms with Crippen molar-refractivity contribution < 1.29 is 9.21 Å². The van der Waals surface area contributed by atoms with E-state index in [4.69, 9.17) is 10.2 Å². The molecule has 0 aliphatic heterocycles. The Bertz CT molecular complexity index is 583. The van der Waals surface area contributed by atoms with Crippen molar-refractivity contribution in [2.24, 2.45) is 0 Å². The van der Waals surface area contributed by atoms with Crippen molar-refractivity contribution in [3.05, 3.63) is 41.6 Å². The van der Waals surface area contributed by atoms with Crippen molar-refractivity contribution in [1.29, 1.82) is 0 Å². The first-order chi connectivity index (χ1) is 9.02. The monoisotopic (exact) mass is 261 g/mol. The Morgan fingerprint density at radius 2 is 2.26 bits per heavy atom. The van der Waals surface area contributed by atoms with E-state index in [0.29, 0.717) is 17.9 Å². The molecule has 1 amide bonds. The minimum absolute atomic E-state index is 0.0425. The van der Waals surface area contributed by atoms with Crippen LogP contribution in [-0.2, 0) is 13.1 Å². The van der Waals surface area contributed by atoms with Crippen molar-refractivity contribution in [2.45, 2.75) is 26.9 Å². The zero-order chi connectivity index (χ0) is 14.0. The maximum absolute atomic E-state index is 12.4. The second-order valence-corrected chi connectivity index (χ2v) is 4.61. The van der Waals surface area contributed by atoms with Gasteiger partial charge in [0.2, 0.25) is 0 Å². The van der Waals surface area contributed by atoms with Gasteiger partial charge in [0.05, 0.1) is 12.0 Å². The zero-order valence-electron chi connectivity index (χ0n) is 11.5. The van der Waals surface area contributed by atoms with Crippen LogP contribution in [0, 0.1) is 6.92 Å². The first-order valence-electron chi connectivity index (χ1n) is 6.27. The van der Waals surface area contributed by atoms with E-state index in [-0.39, 0.29) is 5.91 Å². The third kappa shape index (κ3) is 2.65. The molecule has 2 N–H and O–H groups in total. The van der Waals surface area contributed by atoms with Gasteiger partial charge in [0, 0.05) is 31.9 Å². The van der Waals surface area contributed by atoms with Crippen LogP contribution in [0.2, 0.25) is 0 Å².